The molecule has 1 amide bonds. The quantitative estimate of drug-likeness (QED) is 0.625. The Bertz CT molecular complexity index is 894. The molecule has 3 aromatic rings. The summed E-state index contributed by atoms with van der Waals surface area (Å²) in [5.41, 5.74) is 2.60. The molecule has 130 valence electrons. The van der Waals surface area contributed by atoms with Crippen molar-refractivity contribution in [3.05, 3.63) is 102 Å². The van der Waals surface area contributed by atoms with Crippen LogP contribution in [0.3, 0.4) is 0 Å². The predicted molar refractivity (Wildman–Crippen MR) is 101 cm³/mol. The van der Waals surface area contributed by atoms with Crippen molar-refractivity contribution in [2.45, 2.75) is 18.9 Å². The summed E-state index contributed by atoms with van der Waals surface area (Å²) < 4.78 is 14.1. The Morgan fingerprint density at radius 1 is 0.885 bits per heavy atom. The maximum Gasteiger partial charge on any atom is 0.231 e. The van der Waals surface area contributed by atoms with Gasteiger partial charge in [-0.05, 0) is 41.7 Å². The standard InChI is InChI=1S/C23H20FNO/c24-22-14-8-7-13-19(22)20-15-21(20)23(26)25(18-11-5-2-6-12-18)16-17-9-3-1-4-10-17/h1-14,20-21H,15-16H2. The smallest absolute Gasteiger partial charge is 0.231 e. The van der Waals surface area contributed by atoms with Crippen LogP contribution in [0, 0.1) is 11.7 Å². The maximum absolute atomic E-state index is 14.1. The van der Waals surface area contributed by atoms with Crippen LogP contribution in [0.4, 0.5) is 10.1 Å². The van der Waals surface area contributed by atoms with Crippen LogP contribution in [0.2, 0.25) is 0 Å². The highest BCUT2D eigenvalue weighted by molar-refractivity contribution is 5.97. The molecule has 2 atom stereocenters. The van der Waals surface area contributed by atoms with Crippen molar-refractivity contribution in [1.29, 1.82) is 0 Å². The number of carbonyl (C=O) groups is 1. The number of benzene rings is 3. The van der Waals surface area contributed by atoms with Gasteiger partial charge < -0.3 is 4.90 Å². The minimum Gasteiger partial charge on any atom is -0.308 e. The summed E-state index contributed by atoms with van der Waals surface area (Å²) in [6, 6.07) is 26.4. The number of nitrogens with zero attached hydrogens (tertiary/aromatic N) is 1. The van der Waals surface area contributed by atoms with Gasteiger partial charge in [0.25, 0.3) is 0 Å². The normalized spacial score (nSPS) is 18.3. The zero-order valence-corrected chi connectivity index (χ0v) is 14.4. The molecule has 4 rings (SSSR count). The lowest BCUT2D eigenvalue weighted by Gasteiger charge is -2.23. The summed E-state index contributed by atoms with van der Waals surface area (Å²) in [6.45, 7) is 0.518. The minimum atomic E-state index is -0.220. The maximum atomic E-state index is 14.1. The van der Waals surface area contributed by atoms with Crippen LogP contribution in [-0.2, 0) is 11.3 Å². The van der Waals surface area contributed by atoms with E-state index in [1.165, 1.54) is 6.07 Å². The van der Waals surface area contributed by atoms with Crippen molar-refractivity contribution >= 4 is 11.6 Å². The van der Waals surface area contributed by atoms with Crippen molar-refractivity contribution in [2.75, 3.05) is 4.90 Å². The number of para-hydroxylation sites is 1. The first-order valence-corrected chi connectivity index (χ1v) is 8.89. The van der Waals surface area contributed by atoms with Crippen LogP contribution in [0.1, 0.15) is 23.5 Å². The molecule has 1 aliphatic carbocycles. The van der Waals surface area contributed by atoms with E-state index in [9.17, 15) is 9.18 Å². The zero-order chi connectivity index (χ0) is 17.9. The molecule has 1 saturated carbocycles. The average molecular weight is 345 g/mol. The van der Waals surface area contributed by atoms with Crippen molar-refractivity contribution in [1.82, 2.24) is 0 Å². The van der Waals surface area contributed by atoms with E-state index in [0.29, 0.717) is 18.5 Å². The van der Waals surface area contributed by atoms with Crippen LogP contribution in [0.15, 0.2) is 84.9 Å². The second-order valence-corrected chi connectivity index (χ2v) is 6.72. The molecule has 3 heteroatoms. The summed E-state index contributed by atoms with van der Waals surface area (Å²) in [7, 11) is 0. The molecule has 3 aromatic carbocycles. The fourth-order valence-corrected chi connectivity index (χ4v) is 3.46. The Morgan fingerprint density at radius 3 is 2.19 bits per heavy atom. The van der Waals surface area contributed by atoms with Crippen molar-refractivity contribution < 1.29 is 9.18 Å². The van der Waals surface area contributed by atoms with Crippen molar-refractivity contribution in [2.24, 2.45) is 5.92 Å². The first-order chi connectivity index (χ1) is 12.7. The van der Waals surface area contributed by atoms with Gasteiger partial charge in [0, 0.05) is 11.6 Å². The average Bonchev–Trinajstić information content (AvgIpc) is 3.48. The number of hydrogen-bond acceptors (Lipinski definition) is 1. The number of carbonyl (C=O) groups excluding carboxylic acids is 1. The van der Waals surface area contributed by atoms with E-state index in [1.807, 2.05) is 71.6 Å². The molecule has 2 unspecified atom stereocenters. The van der Waals surface area contributed by atoms with E-state index >= 15 is 0 Å². The largest absolute Gasteiger partial charge is 0.308 e. The number of hydrogen-bond donors (Lipinski definition) is 0. The van der Waals surface area contributed by atoms with Gasteiger partial charge in [0.15, 0.2) is 0 Å². The lowest BCUT2D eigenvalue weighted by Crippen LogP contribution is -2.32. The Labute approximate surface area is 152 Å². The summed E-state index contributed by atoms with van der Waals surface area (Å²) in [6.07, 6.45) is 0.706. The second kappa shape index (κ2) is 7.12. The summed E-state index contributed by atoms with van der Waals surface area (Å²) in [4.78, 5) is 15.0. The Kier molecular flexibility index (Phi) is 4.53. The summed E-state index contributed by atoms with van der Waals surface area (Å²) in [5.74, 6) is -0.336. The monoisotopic (exact) mass is 345 g/mol. The van der Waals surface area contributed by atoms with E-state index in [1.54, 1.807) is 12.1 Å². The molecule has 0 bridgehead atoms. The molecule has 26 heavy (non-hydrogen) atoms. The van der Waals surface area contributed by atoms with Gasteiger partial charge in [-0.1, -0.05) is 66.7 Å². The highest BCUT2D eigenvalue weighted by Crippen LogP contribution is 2.49. The van der Waals surface area contributed by atoms with E-state index in [-0.39, 0.29) is 23.6 Å². The van der Waals surface area contributed by atoms with Gasteiger partial charge in [-0.25, -0.2) is 4.39 Å². The molecule has 0 aliphatic heterocycles. The summed E-state index contributed by atoms with van der Waals surface area (Å²) >= 11 is 0. The Balaban J connectivity index is 1.58. The number of rotatable bonds is 5. The molecule has 0 radical (unpaired) electrons. The molecule has 0 aromatic heterocycles. The Morgan fingerprint density at radius 2 is 1.50 bits per heavy atom. The van der Waals surface area contributed by atoms with Gasteiger partial charge in [0.1, 0.15) is 5.82 Å². The van der Waals surface area contributed by atoms with Gasteiger partial charge in [-0.15, -0.1) is 0 Å². The zero-order valence-electron chi connectivity index (χ0n) is 14.4. The number of halogens is 1. The molecule has 1 fully saturated rings. The van der Waals surface area contributed by atoms with Crippen molar-refractivity contribution in [3.8, 4) is 0 Å². The van der Waals surface area contributed by atoms with Crippen LogP contribution >= 0.6 is 0 Å². The van der Waals surface area contributed by atoms with Crippen LogP contribution in [0.5, 0.6) is 0 Å². The molecule has 2 nitrogen and oxygen atoms in total. The van der Waals surface area contributed by atoms with Crippen molar-refractivity contribution in [3.63, 3.8) is 0 Å². The lowest BCUT2D eigenvalue weighted by molar-refractivity contribution is -0.120. The topological polar surface area (TPSA) is 20.3 Å². The van der Waals surface area contributed by atoms with Gasteiger partial charge in [0.05, 0.1) is 6.54 Å². The van der Waals surface area contributed by atoms with Gasteiger partial charge >= 0.3 is 0 Å². The van der Waals surface area contributed by atoms with Gasteiger partial charge in [-0.2, -0.15) is 0 Å². The SMILES string of the molecule is O=C(C1CC1c1ccccc1F)N(Cc1ccccc1)c1ccccc1. The molecule has 1 aliphatic rings. The number of amides is 1. The Hall–Kier alpha value is -2.94. The van der Waals surface area contributed by atoms with E-state index in [2.05, 4.69) is 0 Å². The molecule has 0 heterocycles. The first kappa shape index (κ1) is 16.5. The molecular formula is C23H20FNO. The van der Waals surface area contributed by atoms with E-state index in [4.69, 9.17) is 0 Å². The molecular weight excluding hydrogens is 325 g/mol. The first-order valence-electron chi connectivity index (χ1n) is 8.89. The third kappa shape index (κ3) is 3.38. The molecule has 0 N–H and O–H groups in total. The predicted octanol–water partition coefficient (Wildman–Crippen LogP) is 5.16. The number of anilines is 1. The fraction of sp³-hybridized carbons (Fsp3) is 0.174. The van der Waals surface area contributed by atoms with Crippen LogP contribution < -0.4 is 4.90 Å². The fourth-order valence-electron chi connectivity index (χ4n) is 3.46. The van der Waals surface area contributed by atoms with Gasteiger partial charge in [-0.3, -0.25) is 4.79 Å². The van der Waals surface area contributed by atoms with Gasteiger partial charge in [0.2, 0.25) is 5.91 Å². The van der Waals surface area contributed by atoms with Crippen LogP contribution in [-0.4, -0.2) is 5.91 Å². The van der Waals surface area contributed by atoms with E-state index < -0.39 is 0 Å². The third-order valence-corrected chi connectivity index (χ3v) is 4.93. The molecule has 0 saturated heterocycles. The lowest BCUT2D eigenvalue weighted by atomic mass is 10.1. The summed E-state index contributed by atoms with van der Waals surface area (Å²) in [5, 5.41) is 0. The van der Waals surface area contributed by atoms with E-state index in [0.717, 1.165) is 11.3 Å². The minimum absolute atomic E-state index is 0.0225. The van der Waals surface area contributed by atoms with Crippen LogP contribution in [0.25, 0.3) is 0 Å². The second-order valence-electron chi connectivity index (χ2n) is 6.72. The highest BCUT2D eigenvalue weighted by atomic mass is 19.1. The molecule has 0 spiro atoms. The highest BCUT2D eigenvalue weighted by Gasteiger charge is 2.47. The third-order valence-electron chi connectivity index (χ3n) is 4.93.